The molecule has 3 N–H and O–H groups in total. The molecule has 2 atom stereocenters. The predicted molar refractivity (Wildman–Crippen MR) is 81.6 cm³/mol. The lowest BCUT2D eigenvalue weighted by molar-refractivity contribution is -0.163. The van der Waals surface area contributed by atoms with Crippen molar-refractivity contribution < 1.29 is 19.1 Å². The van der Waals surface area contributed by atoms with Gasteiger partial charge in [0.05, 0.1) is 11.6 Å². The summed E-state index contributed by atoms with van der Waals surface area (Å²) in [6, 6.07) is 5.56. The lowest BCUT2D eigenvalue weighted by Crippen LogP contribution is -2.51. The highest BCUT2D eigenvalue weighted by Gasteiger charge is 2.40. The van der Waals surface area contributed by atoms with E-state index in [9.17, 15) is 9.59 Å². The molecule has 0 aromatic heterocycles. The van der Waals surface area contributed by atoms with Crippen LogP contribution in [0.2, 0.25) is 0 Å². The van der Waals surface area contributed by atoms with Crippen molar-refractivity contribution >= 4 is 12.0 Å². The molecular formula is C16H19N3O4. The quantitative estimate of drug-likeness (QED) is 0.814. The second-order valence-electron chi connectivity index (χ2n) is 6.00. The highest BCUT2D eigenvalue weighted by atomic mass is 16.6. The Morgan fingerprint density at radius 3 is 2.83 bits per heavy atom. The van der Waals surface area contributed by atoms with Gasteiger partial charge in [-0.25, -0.2) is 9.59 Å². The van der Waals surface area contributed by atoms with Crippen LogP contribution in [0.4, 0.5) is 4.79 Å². The molecule has 0 aliphatic carbocycles. The minimum absolute atomic E-state index is 0.423. The largest absolute Gasteiger partial charge is 0.484 e. The molecule has 0 bridgehead atoms. The van der Waals surface area contributed by atoms with Gasteiger partial charge >= 0.3 is 12.0 Å². The van der Waals surface area contributed by atoms with Gasteiger partial charge in [0.15, 0.2) is 0 Å². The smallest absolute Gasteiger partial charge is 0.328 e. The third-order valence-corrected chi connectivity index (χ3v) is 3.71. The van der Waals surface area contributed by atoms with Crippen molar-refractivity contribution in [3.63, 3.8) is 0 Å². The normalized spacial score (nSPS) is 19.5. The Balaban J connectivity index is 2.17. The van der Waals surface area contributed by atoms with Crippen molar-refractivity contribution in [2.45, 2.75) is 44.9 Å². The minimum atomic E-state index is -0.852. The van der Waals surface area contributed by atoms with E-state index in [1.807, 2.05) is 13.8 Å². The Morgan fingerprint density at radius 1 is 1.52 bits per heavy atom. The van der Waals surface area contributed by atoms with Gasteiger partial charge in [-0.2, -0.15) is 5.26 Å². The number of nitrogens with zero attached hydrogens (tertiary/aromatic N) is 1. The molecule has 1 heterocycles. The maximum Gasteiger partial charge on any atom is 0.328 e. The molecule has 0 radical (unpaired) electrons. The Bertz CT molecular complexity index is 678. The Labute approximate surface area is 134 Å². The van der Waals surface area contributed by atoms with Gasteiger partial charge in [-0.15, -0.1) is 0 Å². The topological polar surface area (TPSA) is 114 Å². The van der Waals surface area contributed by atoms with Crippen LogP contribution in [0.15, 0.2) is 18.2 Å². The Kier molecular flexibility index (Phi) is 4.45. The summed E-state index contributed by atoms with van der Waals surface area (Å²) in [6.07, 6.45) is -0.124. The molecule has 0 fully saturated rings. The number of nitrogens with one attached hydrogen (secondary N) is 1. The predicted octanol–water partition coefficient (Wildman–Crippen LogP) is 1.24. The lowest BCUT2D eigenvalue weighted by atomic mass is 9.90. The van der Waals surface area contributed by atoms with E-state index >= 15 is 0 Å². The van der Waals surface area contributed by atoms with Gasteiger partial charge in [0, 0.05) is 6.42 Å². The van der Waals surface area contributed by atoms with Gasteiger partial charge in [0.2, 0.25) is 0 Å². The SMILES string of the molecule is C[C@H](NC(N)=O)C(=O)O[C@H]1Cc2cc(C#N)ccc2OC1(C)C. The molecule has 23 heavy (non-hydrogen) atoms. The van der Waals surface area contributed by atoms with Gasteiger partial charge in [-0.05, 0) is 44.5 Å². The molecule has 1 aromatic rings. The second kappa shape index (κ2) is 6.16. The third kappa shape index (κ3) is 3.72. The summed E-state index contributed by atoms with van der Waals surface area (Å²) in [5.74, 6) is 0.0787. The van der Waals surface area contributed by atoms with E-state index < -0.39 is 29.7 Å². The van der Waals surface area contributed by atoms with Gasteiger partial charge in [-0.3, -0.25) is 0 Å². The van der Waals surface area contributed by atoms with Crippen molar-refractivity contribution in [2.24, 2.45) is 5.73 Å². The fourth-order valence-corrected chi connectivity index (χ4v) is 2.40. The number of primary amides is 1. The Hall–Kier alpha value is -2.75. The number of nitrogens with two attached hydrogens (primary N) is 1. The van der Waals surface area contributed by atoms with Crippen LogP contribution in [0.25, 0.3) is 0 Å². The van der Waals surface area contributed by atoms with Crippen LogP contribution in [-0.4, -0.2) is 29.7 Å². The summed E-state index contributed by atoms with van der Waals surface area (Å²) in [4.78, 5) is 22.9. The molecule has 0 spiro atoms. The molecule has 1 aromatic carbocycles. The Morgan fingerprint density at radius 2 is 2.22 bits per heavy atom. The summed E-state index contributed by atoms with van der Waals surface area (Å²) in [7, 11) is 0. The molecule has 1 aliphatic rings. The van der Waals surface area contributed by atoms with Gasteiger partial charge in [0.1, 0.15) is 23.5 Å². The highest BCUT2D eigenvalue weighted by molar-refractivity contribution is 5.82. The number of rotatable bonds is 3. The summed E-state index contributed by atoms with van der Waals surface area (Å²) in [6.45, 7) is 5.13. The van der Waals surface area contributed by atoms with E-state index in [1.165, 1.54) is 6.92 Å². The van der Waals surface area contributed by atoms with Gasteiger partial charge < -0.3 is 20.5 Å². The van der Waals surface area contributed by atoms with Crippen LogP contribution in [0.3, 0.4) is 0 Å². The minimum Gasteiger partial charge on any atom is -0.484 e. The highest BCUT2D eigenvalue weighted by Crippen LogP contribution is 2.35. The molecular weight excluding hydrogens is 298 g/mol. The molecule has 1 aliphatic heterocycles. The average Bonchev–Trinajstić information content (AvgIpc) is 2.46. The first-order valence-electron chi connectivity index (χ1n) is 7.21. The van der Waals surface area contributed by atoms with Crippen LogP contribution in [0, 0.1) is 11.3 Å². The summed E-state index contributed by atoms with van der Waals surface area (Å²) >= 11 is 0. The van der Waals surface area contributed by atoms with Crippen LogP contribution in [-0.2, 0) is 16.0 Å². The van der Waals surface area contributed by atoms with E-state index in [2.05, 4.69) is 11.4 Å². The average molecular weight is 317 g/mol. The summed E-state index contributed by atoms with van der Waals surface area (Å²) in [5, 5.41) is 11.3. The van der Waals surface area contributed by atoms with Crippen molar-refractivity contribution in [1.29, 1.82) is 5.26 Å². The number of benzene rings is 1. The molecule has 0 saturated carbocycles. The van der Waals surface area contributed by atoms with E-state index in [-0.39, 0.29) is 0 Å². The number of carbonyl (C=O) groups is 2. The first kappa shape index (κ1) is 16.6. The number of nitriles is 1. The molecule has 0 unspecified atom stereocenters. The zero-order valence-corrected chi connectivity index (χ0v) is 13.3. The standard InChI is InChI=1S/C16H19N3O4/c1-9(19-15(18)21)14(20)22-13-7-11-6-10(8-17)4-5-12(11)23-16(13,2)3/h4-6,9,13H,7H2,1-3H3,(H3,18,19,21)/t9-,13-/m0/s1. The number of ether oxygens (including phenoxy) is 2. The van der Waals surface area contributed by atoms with Crippen molar-refractivity contribution in [1.82, 2.24) is 5.32 Å². The lowest BCUT2D eigenvalue weighted by Gasteiger charge is -2.39. The summed E-state index contributed by atoms with van der Waals surface area (Å²) < 4.78 is 11.4. The number of hydrogen-bond donors (Lipinski definition) is 2. The number of urea groups is 1. The first-order chi connectivity index (χ1) is 10.7. The molecule has 7 heteroatoms. The number of amides is 2. The monoisotopic (exact) mass is 317 g/mol. The molecule has 0 saturated heterocycles. The number of esters is 1. The molecule has 7 nitrogen and oxygen atoms in total. The molecule has 122 valence electrons. The van der Waals surface area contributed by atoms with E-state index in [4.69, 9.17) is 20.5 Å². The third-order valence-electron chi connectivity index (χ3n) is 3.71. The van der Waals surface area contributed by atoms with Crippen LogP contribution in [0.1, 0.15) is 31.9 Å². The molecule has 2 rings (SSSR count). The number of carbonyl (C=O) groups excluding carboxylic acids is 2. The maximum atomic E-state index is 12.1. The van der Waals surface area contributed by atoms with Crippen molar-refractivity contribution in [3.8, 4) is 11.8 Å². The van der Waals surface area contributed by atoms with Gasteiger partial charge in [-0.1, -0.05) is 0 Å². The fourth-order valence-electron chi connectivity index (χ4n) is 2.40. The van der Waals surface area contributed by atoms with Crippen LogP contribution >= 0.6 is 0 Å². The van der Waals surface area contributed by atoms with Gasteiger partial charge in [0.25, 0.3) is 0 Å². The van der Waals surface area contributed by atoms with Crippen molar-refractivity contribution in [2.75, 3.05) is 0 Å². The van der Waals surface area contributed by atoms with E-state index in [1.54, 1.807) is 18.2 Å². The number of fused-ring (bicyclic) bond motifs is 1. The van der Waals surface area contributed by atoms with E-state index in [0.717, 1.165) is 5.56 Å². The zero-order chi connectivity index (χ0) is 17.2. The summed E-state index contributed by atoms with van der Waals surface area (Å²) in [5.41, 5.74) is 5.58. The second-order valence-corrected chi connectivity index (χ2v) is 6.00. The fraction of sp³-hybridized carbons (Fsp3) is 0.438. The maximum absolute atomic E-state index is 12.1. The first-order valence-corrected chi connectivity index (χ1v) is 7.21. The molecule has 2 amide bonds. The van der Waals surface area contributed by atoms with Crippen LogP contribution in [0.5, 0.6) is 5.75 Å². The zero-order valence-electron chi connectivity index (χ0n) is 13.3. The van der Waals surface area contributed by atoms with Crippen LogP contribution < -0.4 is 15.8 Å². The van der Waals surface area contributed by atoms with E-state index in [0.29, 0.717) is 17.7 Å². The van der Waals surface area contributed by atoms with Crippen molar-refractivity contribution in [3.05, 3.63) is 29.3 Å². The number of hydrogen-bond acceptors (Lipinski definition) is 5.